The minimum atomic E-state index is -0.125. The molecular formula is C26H17N3O3. The molecule has 0 bridgehead atoms. The van der Waals surface area contributed by atoms with Crippen molar-refractivity contribution >= 4 is 32.3 Å². The van der Waals surface area contributed by atoms with Crippen LogP contribution in [-0.4, -0.2) is 32.3 Å². The fraction of sp³-hybridized carbons (Fsp3) is 0.0385. The summed E-state index contributed by atoms with van der Waals surface area (Å²) in [5, 5.41) is 26.9. The van der Waals surface area contributed by atoms with Gasteiger partial charge in [0, 0.05) is 11.6 Å². The highest BCUT2D eigenvalue weighted by Gasteiger charge is 2.17. The van der Waals surface area contributed by atoms with Crippen LogP contribution < -0.4 is 4.74 Å². The molecule has 6 aromatic rings. The van der Waals surface area contributed by atoms with Gasteiger partial charge in [-0.15, -0.1) is 0 Å². The molecular weight excluding hydrogens is 402 g/mol. The summed E-state index contributed by atoms with van der Waals surface area (Å²) >= 11 is 0. The zero-order chi connectivity index (χ0) is 21.8. The van der Waals surface area contributed by atoms with E-state index in [0.717, 1.165) is 21.7 Å². The molecule has 0 radical (unpaired) electrons. The lowest BCUT2D eigenvalue weighted by molar-refractivity contribution is 0.379. The lowest BCUT2D eigenvalue weighted by Crippen LogP contribution is -2.01. The minimum Gasteiger partial charge on any atom is -0.508 e. The molecule has 0 saturated carbocycles. The lowest BCUT2D eigenvalue weighted by atomic mass is 9.92. The Morgan fingerprint density at radius 3 is 2.00 bits per heavy atom. The number of hydrogen-bond acceptors (Lipinski definition) is 6. The topological polar surface area (TPSA) is 88.4 Å². The molecule has 0 unspecified atom stereocenters. The van der Waals surface area contributed by atoms with E-state index < -0.39 is 0 Å². The van der Waals surface area contributed by atoms with Gasteiger partial charge in [-0.25, -0.2) is 4.98 Å². The summed E-state index contributed by atoms with van der Waals surface area (Å²) in [6, 6.07) is 23.3. The molecule has 2 N–H and O–H groups in total. The van der Waals surface area contributed by atoms with Crippen molar-refractivity contribution in [2.75, 3.05) is 7.11 Å². The second-order valence-electron chi connectivity index (χ2n) is 7.64. The second-order valence-corrected chi connectivity index (χ2v) is 7.64. The van der Waals surface area contributed by atoms with E-state index in [1.807, 2.05) is 6.07 Å². The number of ether oxygens (including phenoxy) is 1. The monoisotopic (exact) mass is 419 g/mol. The van der Waals surface area contributed by atoms with E-state index in [0.29, 0.717) is 11.4 Å². The molecule has 0 aliphatic heterocycles. The molecule has 0 fully saturated rings. The Balaban J connectivity index is 1.65. The van der Waals surface area contributed by atoms with Gasteiger partial charge < -0.3 is 14.9 Å². The van der Waals surface area contributed by atoms with Gasteiger partial charge >= 0.3 is 6.01 Å². The maximum absolute atomic E-state index is 10.3. The van der Waals surface area contributed by atoms with Crippen LogP contribution in [0.5, 0.6) is 17.5 Å². The Bertz CT molecular complexity index is 1630. The van der Waals surface area contributed by atoms with Gasteiger partial charge in [0.25, 0.3) is 0 Å². The number of aromatic nitrogens is 3. The number of phenols is 2. The Kier molecular flexibility index (Phi) is 3.89. The first-order valence-electron chi connectivity index (χ1n) is 10.1. The van der Waals surface area contributed by atoms with E-state index in [-0.39, 0.29) is 23.3 Å². The van der Waals surface area contributed by atoms with Gasteiger partial charge in [0.1, 0.15) is 11.5 Å². The number of benzene rings is 5. The molecule has 0 saturated heterocycles. The van der Waals surface area contributed by atoms with Gasteiger partial charge in [-0.3, -0.25) is 0 Å². The number of methoxy groups -OCH3 is 1. The van der Waals surface area contributed by atoms with Crippen molar-refractivity contribution in [3.63, 3.8) is 0 Å². The normalized spacial score (nSPS) is 11.5. The fourth-order valence-corrected chi connectivity index (χ4v) is 4.33. The summed E-state index contributed by atoms with van der Waals surface area (Å²) in [6.07, 6.45) is 0. The van der Waals surface area contributed by atoms with E-state index in [9.17, 15) is 10.2 Å². The molecule has 1 aromatic heterocycles. The van der Waals surface area contributed by atoms with E-state index in [1.165, 1.54) is 35.4 Å². The van der Waals surface area contributed by atoms with Gasteiger partial charge in [-0.2, -0.15) is 9.97 Å². The molecule has 0 aliphatic rings. The standard InChI is InChI=1S/C26H17N3O3/c1-32-26-28-24(27-25(29-26)20-12-9-17(30)13-21(20)31)19-11-8-16-6-5-14-3-2-4-15-7-10-18(19)23(16)22(14)15/h2-13,30-31H,1H3. The number of rotatable bonds is 3. The average molecular weight is 419 g/mol. The van der Waals surface area contributed by atoms with Crippen LogP contribution in [0.2, 0.25) is 0 Å². The van der Waals surface area contributed by atoms with E-state index >= 15 is 0 Å². The maximum atomic E-state index is 10.3. The van der Waals surface area contributed by atoms with E-state index in [1.54, 1.807) is 6.07 Å². The van der Waals surface area contributed by atoms with Gasteiger partial charge in [0.05, 0.1) is 12.7 Å². The molecule has 0 atom stereocenters. The van der Waals surface area contributed by atoms with Crippen LogP contribution in [0.1, 0.15) is 0 Å². The first kappa shape index (κ1) is 18.3. The van der Waals surface area contributed by atoms with Crippen LogP contribution in [0.4, 0.5) is 0 Å². The predicted octanol–water partition coefficient (Wildman–Crippen LogP) is 5.52. The summed E-state index contributed by atoms with van der Waals surface area (Å²) in [5.74, 6) is 0.533. The Morgan fingerprint density at radius 2 is 1.28 bits per heavy atom. The summed E-state index contributed by atoms with van der Waals surface area (Å²) in [7, 11) is 1.49. The molecule has 0 spiro atoms. The van der Waals surface area contributed by atoms with Crippen LogP contribution in [0.3, 0.4) is 0 Å². The van der Waals surface area contributed by atoms with Crippen molar-refractivity contribution in [2.45, 2.75) is 0 Å². The molecule has 154 valence electrons. The first-order chi connectivity index (χ1) is 15.6. The van der Waals surface area contributed by atoms with Crippen molar-refractivity contribution in [1.29, 1.82) is 0 Å². The summed E-state index contributed by atoms with van der Waals surface area (Å²) in [4.78, 5) is 13.5. The van der Waals surface area contributed by atoms with E-state index in [4.69, 9.17) is 4.74 Å². The smallest absolute Gasteiger partial charge is 0.320 e. The van der Waals surface area contributed by atoms with Gasteiger partial charge in [0.2, 0.25) is 0 Å². The average Bonchev–Trinajstić information content (AvgIpc) is 2.82. The first-order valence-corrected chi connectivity index (χ1v) is 10.1. The molecule has 5 aromatic carbocycles. The molecule has 1 heterocycles. The Morgan fingerprint density at radius 1 is 0.656 bits per heavy atom. The van der Waals surface area contributed by atoms with Crippen LogP contribution in [-0.2, 0) is 0 Å². The van der Waals surface area contributed by atoms with Crippen molar-refractivity contribution in [1.82, 2.24) is 15.0 Å². The molecule has 6 rings (SSSR count). The molecule has 32 heavy (non-hydrogen) atoms. The summed E-state index contributed by atoms with van der Waals surface area (Å²) < 4.78 is 5.33. The maximum Gasteiger partial charge on any atom is 0.320 e. The van der Waals surface area contributed by atoms with Crippen molar-refractivity contribution in [2.24, 2.45) is 0 Å². The predicted molar refractivity (Wildman–Crippen MR) is 124 cm³/mol. The van der Waals surface area contributed by atoms with Crippen molar-refractivity contribution in [3.05, 3.63) is 72.8 Å². The highest BCUT2D eigenvalue weighted by molar-refractivity contribution is 6.25. The third-order valence-electron chi connectivity index (χ3n) is 5.79. The van der Waals surface area contributed by atoms with Crippen LogP contribution in [0, 0.1) is 0 Å². The summed E-state index contributed by atoms with van der Waals surface area (Å²) in [6.45, 7) is 0. The number of nitrogens with zero attached hydrogens (tertiary/aromatic N) is 3. The van der Waals surface area contributed by atoms with Crippen LogP contribution in [0.25, 0.3) is 55.1 Å². The third kappa shape index (κ3) is 2.70. The molecule has 0 amide bonds. The fourth-order valence-electron chi connectivity index (χ4n) is 4.33. The van der Waals surface area contributed by atoms with Crippen molar-refractivity contribution < 1.29 is 14.9 Å². The second kappa shape index (κ2) is 6.78. The summed E-state index contributed by atoms with van der Waals surface area (Å²) in [5.41, 5.74) is 1.22. The zero-order valence-corrected chi connectivity index (χ0v) is 17.1. The highest BCUT2D eigenvalue weighted by atomic mass is 16.5. The largest absolute Gasteiger partial charge is 0.508 e. The van der Waals surface area contributed by atoms with Gasteiger partial charge in [-0.1, -0.05) is 48.5 Å². The Hall–Kier alpha value is -4.45. The molecule has 0 aliphatic carbocycles. The van der Waals surface area contributed by atoms with E-state index in [2.05, 4.69) is 63.5 Å². The molecule has 6 heteroatoms. The molecule has 6 nitrogen and oxygen atoms in total. The highest BCUT2D eigenvalue weighted by Crippen LogP contribution is 2.39. The zero-order valence-electron chi connectivity index (χ0n) is 17.1. The van der Waals surface area contributed by atoms with Gasteiger partial charge in [0.15, 0.2) is 11.6 Å². The quantitative estimate of drug-likeness (QED) is 0.367. The van der Waals surface area contributed by atoms with Crippen LogP contribution in [0.15, 0.2) is 72.8 Å². The Labute approximate surface area is 182 Å². The minimum absolute atomic E-state index is 0.0423. The van der Waals surface area contributed by atoms with Gasteiger partial charge in [-0.05, 0) is 50.5 Å². The lowest BCUT2D eigenvalue weighted by Gasteiger charge is -2.14. The third-order valence-corrected chi connectivity index (χ3v) is 5.79. The number of phenolic OH excluding ortho intramolecular Hbond substituents is 2. The van der Waals surface area contributed by atoms with Crippen molar-refractivity contribution in [3.8, 4) is 40.3 Å². The SMILES string of the molecule is COc1nc(-c2ccc(O)cc2O)nc(-c2ccc3ccc4cccc5ccc2c3c45)n1. The number of hydrogen-bond donors (Lipinski definition) is 2. The number of aromatic hydroxyl groups is 2. The van der Waals surface area contributed by atoms with Crippen LogP contribution >= 0.6 is 0 Å².